The van der Waals surface area contributed by atoms with Gasteiger partial charge in [0.15, 0.2) is 15.9 Å². The summed E-state index contributed by atoms with van der Waals surface area (Å²) in [6, 6.07) is 3.86. The Kier molecular flexibility index (Phi) is 5.09. The van der Waals surface area contributed by atoms with Gasteiger partial charge in [-0.05, 0) is 43.4 Å². The standard InChI is InChI=1S/C16H21NO5S/c1-10-6-7-12(9-11(10)2)14(16(19)20)17-15(18)13-5-3-4-8-23(13,21)22/h6-7,9,13-14H,3-5,8H2,1-2H3,(H,17,18)(H,19,20). The van der Waals surface area contributed by atoms with Gasteiger partial charge in [-0.3, -0.25) is 4.79 Å². The molecule has 126 valence electrons. The van der Waals surface area contributed by atoms with Crippen LogP contribution in [0.4, 0.5) is 0 Å². The molecule has 1 amide bonds. The Morgan fingerprint density at radius 1 is 1.22 bits per heavy atom. The predicted octanol–water partition coefficient (Wildman–Crippen LogP) is 1.51. The van der Waals surface area contributed by atoms with Crippen molar-refractivity contribution in [2.45, 2.75) is 44.4 Å². The molecule has 1 heterocycles. The zero-order chi connectivity index (χ0) is 17.2. The molecule has 2 atom stereocenters. The number of benzene rings is 1. The molecule has 6 nitrogen and oxygen atoms in total. The minimum atomic E-state index is -3.50. The van der Waals surface area contributed by atoms with Gasteiger partial charge in [0.05, 0.1) is 5.75 Å². The van der Waals surface area contributed by atoms with Gasteiger partial charge in [-0.25, -0.2) is 13.2 Å². The Bertz CT molecular complexity index is 726. The first-order valence-corrected chi connectivity index (χ1v) is 9.26. The van der Waals surface area contributed by atoms with Gasteiger partial charge in [0, 0.05) is 0 Å². The molecule has 0 spiro atoms. The number of hydrogen-bond acceptors (Lipinski definition) is 4. The van der Waals surface area contributed by atoms with Gasteiger partial charge in [-0.1, -0.05) is 24.6 Å². The van der Waals surface area contributed by atoms with Crippen LogP contribution in [-0.2, 0) is 19.4 Å². The fourth-order valence-electron chi connectivity index (χ4n) is 2.72. The highest BCUT2D eigenvalue weighted by Crippen LogP contribution is 2.22. The van der Waals surface area contributed by atoms with E-state index in [-0.39, 0.29) is 12.2 Å². The summed E-state index contributed by atoms with van der Waals surface area (Å²) in [5.74, 6) is -1.96. The molecule has 0 aromatic heterocycles. The number of aryl methyl sites for hydroxylation is 2. The van der Waals surface area contributed by atoms with Gasteiger partial charge in [-0.2, -0.15) is 0 Å². The van der Waals surface area contributed by atoms with Gasteiger partial charge in [0.2, 0.25) is 5.91 Å². The molecule has 1 saturated heterocycles. The summed E-state index contributed by atoms with van der Waals surface area (Å²) in [6.07, 6.45) is 1.44. The van der Waals surface area contributed by atoms with Crippen LogP contribution < -0.4 is 5.32 Å². The molecule has 1 fully saturated rings. The van der Waals surface area contributed by atoms with E-state index in [4.69, 9.17) is 0 Å². The molecule has 2 unspecified atom stereocenters. The maximum absolute atomic E-state index is 12.3. The van der Waals surface area contributed by atoms with Crippen LogP contribution in [-0.4, -0.2) is 36.4 Å². The smallest absolute Gasteiger partial charge is 0.330 e. The van der Waals surface area contributed by atoms with Gasteiger partial charge >= 0.3 is 5.97 Å². The number of rotatable bonds is 4. The minimum Gasteiger partial charge on any atom is -0.479 e. The summed E-state index contributed by atoms with van der Waals surface area (Å²) in [6.45, 7) is 3.76. The maximum Gasteiger partial charge on any atom is 0.330 e. The predicted molar refractivity (Wildman–Crippen MR) is 85.9 cm³/mol. The number of sulfone groups is 1. The van der Waals surface area contributed by atoms with Crippen molar-refractivity contribution >= 4 is 21.7 Å². The van der Waals surface area contributed by atoms with Crippen molar-refractivity contribution in [3.63, 3.8) is 0 Å². The van der Waals surface area contributed by atoms with Gasteiger partial charge < -0.3 is 10.4 Å². The summed E-state index contributed by atoms with van der Waals surface area (Å²) in [5.41, 5.74) is 2.36. The highest BCUT2D eigenvalue weighted by atomic mass is 32.2. The van der Waals surface area contributed by atoms with Crippen LogP contribution in [0.15, 0.2) is 18.2 Å². The Morgan fingerprint density at radius 2 is 1.91 bits per heavy atom. The second-order valence-electron chi connectivity index (χ2n) is 5.97. The number of amides is 1. The molecule has 2 rings (SSSR count). The van der Waals surface area contributed by atoms with E-state index < -0.39 is 33.0 Å². The van der Waals surface area contributed by atoms with Crippen molar-refractivity contribution in [3.05, 3.63) is 34.9 Å². The van der Waals surface area contributed by atoms with Gasteiger partial charge in [0.25, 0.3) is 0 Å². The van der Waals surface area contributed by atoms with Crippen molar-refractivity contribution in [1.29, 1.82) is 0 Å². The van der Waals surface area contributed by atoms with Crippen LogP contribution in [0.2, 0.25) is 0 Å². The summed E-state index contributed by atoms with van der Waals surface area (Å²) in [7, 11) is -3.50. The average molecular weight is 339 g/mol. The molecule has 0 bridgehead atoms. The monoisotopic (exact) mass is 339 g/mol. The number of aliphatic carboxylic acids is 1. The zero-order valence-corrected chi connectivity index (χ0v) is 14.0. The Morgan fingerprint density at radius 3 is 2.48 bits per heavy atom. The molecule has 23 heavy (non-hydrogen) atoms. The molecule has 2 N–H and O–H groups in total. The lowest BCUT2D eigenvalue weighted by Crippen LogP contribution is -2.45. The molecule has 0 saturated carbocycles. The summed E-state index contributed by atoms with van der Waals surface area (Å²) in [5, 5.41) is 10.6. The first-order valence-electron chi connectivity index (χ1n) is 7.54. The molecular formula is C16H21NO5S. The lowest BCUT2D eigenvalue weighted by molar-refractivity contribution is -0.142. The molecule has 0 aliphatic carbocycles. The zero-order valence-electron chi connectivity index (χ0n) is 13.2. The highest BCUT2D eigenvalue weighted by molar-refractivity contribution is 7.92. The topological polar surface area (TPSA) is 101 Å². The van der Waals surface area contributed by atoms with E-state index in [9.17, 15) is 23.1 Å². The SMILES string of the molecule is Cc1ccc(C(NC(=O)C2CCCCS2(=O)=O)C(=O)O)cc1C. The highest BCUT2D eigenvalue weighted by Gasteiger charge is 2.36. The van der Waals surface area contributed by atoms with Crippen LogP contribution in [0, 0.1) is 13.8 Å². The van der Waals surface area contributed by atoms with Gasteiger partial charge in [0.1, 0.15) is 5.25 Å². The number of carboxylic acids is 1. The first-order chi connectivity index (χ1) is 10.7. The third kappa shape index (κ3) is 3.90. The van der Waals surface area contributed by atoms with E-state index in [1.807, 2.05) is 13.8 Å². The Hall–Kier alpha value is -1.89. The fraction of sp³-hybridized carbons (Fsp3) is 0.500. The maximum atomic E-state index is 12.3. The largest absolute Gasteiger partial charge is 0.479 e. The Labute approximate surface area is 135 Å². The van der Waals surface area contributed by atoms with E-state index in [1.165, 1.54) is 0 Å². The number of nitrogens with one attached hydrogen (secondary N) is 1. The molecule has 1 aliphatic heterocycles. The first kappa shape index (κ1) is 17.5. The van der Waals surface area contributed by atoms with Crippen molar-refractivity contribution in [2.75, 3.05) is 5.75 Å². The quantitative estimate of drug-likeness (QED) is 0.866. The van der Waals surface area contributed by atoms with Crippen molar-refractivity contribution in [3.8, 4) is 0 Å². The summed E-state index contributed by atoms with van der Waals surface area (Å²) in [4.78, 5) is 23.8. The molecular weight excluding hydrogens is 318 g/mol. The normalized spacial score (nSPS) is 21.4. The van der Waals surface area contributed by atoms with Crippen molar-refractivity contribution in [1.82, 2.24) is 5.32 Å². The van der Waals surface area contributed by atoms with E-state index in [0.717, 1.165) is 11.1 Å². The van der Waals surface area contributed by atoms with Crippen LogP contribution in [0.25, 0.3) is 0 Å². The van der Waals surface area contributed by atoms with Crippen LogP contribution in [0.1, 0.15) is 42.0 Å². The average Bonchev–Trinajstić information content (AvgIpc) is 2.46. The van der Waals surface area contributed by atoms with Crippen LogP contribution >= 0.6 is 0 Å². The van der Waals surface area contributed by atoms with E-state index in [0.29, 0.717) is 18.4 Å². The number of carboxylic acid groups (broad SMARTS) is 1. The lowest BCUT2D eigenvalue weighted by Gasteiger charge is -2.24. The lowest BCUT2D eigenvalue weighted by atomic mass is 10.0. The number of carbonyl (C=O) groups excluding carboxylic acids is 1. The molecule has 1 aromatic rings. The van der Waals surface area contributed by atoms with Gasteiger partial charge in [-0.15, -0.1) is 0 Å². The van der Waals surface area contributed by atoms with Crippen LogP contribution in [0.3, 0.4) is 0 Å². The summed E-state index contributed by atoms with van der Waals surface area (Å²) < 4.78 is 24.0. The second kappa shape index (κ2) is 6.70. The number of carbonyl (C=O) groups is 2. The number of hydrogen-bond donors (Lipinski definition) is 2. The Balaban J connectivity index is 2.24. The molecule has 1 aromatic carbocycles. The van der Waals surface area contributed by atoms with E-state index in [2.05, 4.69) is 5.32 Å². The third-order valence-corrected chi connectivity index (χ3v) is 6.44. The minimum absolute atomic E-state index is 0.0214. The second-order valence-corrected chi connectivity index (χ2v) is 8.28. The summed E-state index contributed by atoms with van der Waals surface area (Å²) >= 11 is 0. The van der Waals surface area contributed by atoms with Crippen molar-refractivity contribution in [2.24, 2.45) is 0 Å². The van der Waals surface area contributed by atoms with Crippen molar-refractivity contribution < 1.29 is 23.1 Å². The molecule has 0 radical (unpaired) electrons. The molecule has 7 heteroatoms. The van der Waals surface area contributed by atoms with Crippen LogP contribution in [0.5, 0.6) is 0 Å². The molecule has 1 aliphatic rings. The third-order valence-electron chi connectivity index (χ3n) is 4.27. The van der Waals surface area contributed by atoms with E-state index in [1.54, 1.807) is 18.2 Å². The fourth-order valence-corrected chi connectivity index (χ4v) is 4.53. The van der Waals surface area contributed by atoms with E-state index >= 15 is 0 Å².